The maximum atomic E-state index is 11.5. The summed E-state index contributed by atoms with van der Waals surface area (Å²) in [5.41, 5.74) is 4.82. The quantitative estimate of drug-likeness (QED) is 0.317. The molecule has 0 amide bonds. The minimum absolute atomic E-state index is 0.180. The Kier molecular flexibility index (Phi) is 8.61. The zero-order valence-corrected chi connectivity index (χ0v) is 19.1. The molecule has 3 aromatic carbocycles. The topological polar surface area (TPSA) is 77.4 Å². The van der Waals surface area contributed by atoms with Gasteiger partial charge in [-0.3, -0.25) is 0 Å². The van der Waals surface area contributed by atoms with E-state index in [2.05, 4.69) is 29.4 Å². The first kappa shape index (κ1) is 24.0. The molecule has 0 saturated carbocycles. The van der Waals surface area contributed by atoms with Crippen LogP contribution >= 0.6 is 0 Å². The molecular weight excluding hydrogens is 418 g/mol. The van der Waals surface area contributed by atoms with Gasteiger partial charge in [-0.1, -0.05) is 65.8 Å². The lowest BCUT2D eigenvalue weighted by atomic mass is 10.0. The summed E-state index contributed by atoms with van der Waals surface area (Å²) in [4.78, 5) is 17.0. The Morgan fingerprint density at radius 3 is 2.27 bits per heavy atom. The third-order valence-corrected chi connectivity index (χ3v) is 4.99. The minimum Gasteiger partial charge on any atom is -0.496 e. The Morgan fingerprint density at radius 1 is 0.970 bits per heavy atom. The largest absolute Gasteiger partial charge is 0.496 e. The van der Waals surface area contributed by atoms with E-state index in [4.69, 9.17) is 14.3 Å². The van der Waals surface area contributed by atoms with Gasteiger partial charge >= 0.3 is 5.97 Å². The lowest BCUT2D eigenvalue weighted by Crippen LogP contribution is -2.29. The number of ether oxygens (including phenoxy) is 2. The van der Waals surface area contributed by atoms with Gasteiger partial charge in [0.1, 0.15) is 12.4 Å². The van der Waals surface area contributed by atoms with Crippen molar-refractivity contribution in [1.29, 1.82) is 0 Å². The molecule has 33 heavy (non-hydrogen) atoms. The third kappa shape index (κ3) is 7.19. The molecule has 0 radical (unpaired) electrons. The normalized spacial score (nSPS) is 12.1. The number of benzene rings is 3. The van der Waals surface area contributed by atoms with Crippen molar-refractivity contribution in [3.8, 4) is 16.9 Å². The molecule has 3 rings (SSSR count). The van der Waals surface area contributed by atoms with E-state index in [1.807, 2.05) is 56.3 Å². The summed E-state index contributed by atoms with van der Waals surface area (Å²) in [5.74, 6) is -0.369. The smallest absolute Gasteiger partial charge is 0.333 e. The van der Waals surface area contributed by atoms with Crippen LogP contribution in [0.4, 0.5) is 0 Å². The molecule has 3 aromatic rings. The van der Waals surface area contributed by atoms with Gasteiger partial charge in [-0.05, 0) is 48.2 Å². The summed E-state index contributed by atoms with van der Waals surface area (Å²) in [6.07, 6.45) is 0.714. The lowest BCUT2D eigenvalue weighted by molar-refractivity contribution is -0.153. The van der Waals surface area contributed by atoms with Gasteiger partial charge < -0.3 is 19.4 Å². The Bertz CT molecular complexity index is 1060. The number of hydrogen-bond acceptors (Lipinski definition) is 5. The number of carbonyl (C=O) groups is 1. The molecule has 1 atom stereocenters. The van der Waals surface area contributed by atoms with Gasteiger partial charge in [-0.25, -0.2) is 4.79 Å². The van der Waals surface area contributed by atoms with Crippen molar-refractivity contribution >= 4 is 12.2 Å². The minimum atomic E-state index is -0.989. The summed E-state index contributed by atoms with van der Waals surface area (Å²) in [6.45, 7) is 3.96. The average Bonchev–Trinajstić information content (AvgIpc) is 2.82. The fourth-order valence-corrected chi connectivity index (χ4v) is 3.38. The molecule has 0 aromatic heterocycles. The molecule has 0 spiro atoms. The summed E-state index contributed by atoms with van der Waals surface area (Å²) < 4.78 is 10.9. The molecule has 0 aliphatic heterocycles. The van der Waals surface area contributed by atoms with Gasteiger partial charge in [0, 0.05) is 12.0 Å². The van der Waals surface area contributed by atoms with Crippen LogP contribution in [0.25, 0.3) is 11.1 Å². The van der Waals surface area contributed by atoms with E-state index >= 15 is 0 Å². The molecule has 1 unspecified atom stereocenters. The van der Waals surface area contributed by atoms with Crippen LogP contribution in [0, 0.1) is 0 Å². The van der Waals surface area contributed by atoms with Crippen LogP contribution in [-0.4, -0.2) is 36.6 Å². The van der Waals surface area contributed by atoms with E-state index < -0.39 is 12.1 Å². The Hall–Kier alpha value is -3.64. The first-order chi connectivity index (χ1) is 16.0. The van der Waals surface area contributed by atoms with Gasteiger partial charge in [-0.2, -0.15) is 0 Å². The molecular formula is C27H29NO5. The number of methoxy groups -OCH3 is 1. The SMILES string of the molecule is COc1ccc(CC(OC(C)C)C(=O)O)cc1C=NOCc1ccc(-c2ccccc2)cc1. The Balaban J connectivity index is 1.62. The fourth-order valence-electron chi connectivity index (χ4n) is 3.38. The van der Waals surface area contributed by atoms with Crippen LogP contribution in [0.2, 0.25) is 0 Å². The molecule has 0 bridgehead atoms. The van der Waals surface area contributed by atoms with E-state index in [1.54, 1.807) is 19.4 Å². The van der Waals surface area contributed by atoms with E-state index in [1.165, 1.54) is 5.56 Å². The highest BCUT2D eigenvalue weighted by Gasteiger charge is 2.20. The van der Waals surface area contributed by atoms with Gasteiger partial charge in [0.2, 0.25) is 0 Å². The predicted molar refractivity (Wildman–Crippen MR) is 129 cm³/mol. The molecule has 0 aliphatic carbocycles. The average molecular weight is 448 g/mol. The molecule has 1 N–H and O–H groups in total. The number of nitrogens with zero attached hydrogens (tertiary/aromatic N) is 1. The maximum Gasteiger partial charge on any atom is 0.333 e. The van der Waals surface area contributed by atoms with Crippen molar-refractivity contribution in [3.63, 3.8) is 0 Å². The van der Waals surface area contributed by atoms with Crippen molar-refractivity contribution < 1.29 is 24.2 Å². The van der Waals surface area contributed by atoms with E-state index in [0.29, 0.717) is 17.9 Å². The summed E-state index contributed by atoms with van der Waals surface area (Å²) in [7, 11) is 1.57. The number of aliphatic carboxylic acids is 1. The number of oxime groups is 1. The molecule has 0 heterocycles. The Morgan fingerprint density at radius 2 is 1.64 bits per heavy atom. The summed E-state index contributed by atoms with van der Waals surface area (Å²) >= 11 is 0. The van der Waals surface area contributed by atoms with Crippen molar-refractivity contribution in [3.05, 3.63) is 89.5 Å². The van der Waals surface area contributed by atoms with E-state index in [0.717, 1.165) is 16.7 Å². The highest BCUT2D eigenvalue weighted by Crippen LogP contribution is 2.21. The zero-order chi connectivity index (χ0) is 23.6. The first-order valence-electron chi connectivity index (χ1n) is 10.8. The van der Waals surface area contributed by atoms with E-state index in [9.17, 15) is 9.90 Å². The number of rotatable bonds is 11. The molecule has 6 nitrogen and oxygen atoms in total. The van der Waals surface area contributed by atoms with Crippen LogP contribution in [0.1, 0.15) is 30.5 Å². The first-order valence-corrected chi connectivity index (χ1v) is 10.8. The second kappa shape index (κ2) is 11.8. The van der Waals surface area contributed by atoms with Gasteiger partial charge in [0.15, 0.2) is 6.10 Å². The van der Waals surface area contributed by atoms with Crippen molar-refractivity contribution in [2.45, 2.75) is 39.1 Å². The second-order valence-corrected chi connectivity index (χ2v) is 7.86. The second-order valence-electron chi connectivity index (χ2n) is 7.86. The predicted octanol–water partition coefficient (Wildman–Crippen LogP) is 5.33. The number of carboxylic acids is 1. The van der Waals surface area contributed by atoms with Gasteiger partial charge in [0.25, 0.3) is 0 Å². The Labute approximate surface area is 194 Å². The van der Waals surface area contributed by atoms with Gasteiger partial charge in [0.05, 0.1) is 19.4 Å². The number of carboxylic acid groups (broad SMARTS) is 1. The van der Waals surface area contributed by atoms with Crippen LogP contribution in [0.5, 0.6) is 5.75 Å². The molecule has 0 fully saturated rings. The molecule has 0 saturated heterocycles. The number of hydrogen-bond donors (Lipinski definition) is 1. The summed E-state index contributed by atoms with van der Waals surface area (Å²) in [5, 5.41) is 13.5. The summed E-state index contributed by atoms with van der Waals surface area (Å²) in [6, 6.07) is 23.8. The van der Waals surface area contributed by atoms with Crippen LogP contribution in [0.15, 0.2) is 78.0 Å². The van der Waals surface area contributed by atoms with Crippen molar-refractivity contribution in [2.24, 2.45) is 5.16 Å². The van der Waals surface area contributed by atoms with E-state index in [-0.39, 0.29) is 12.5 Å². The molecule has 0 aliphatic rings. The molecule has 172 valence electrons. The van der Waals surface area contributed by atoms with Crippen LogP contribution < -0.4 is 4.74 Å². The monoisotopic (exact) mass is 447 g/mol. The molecule has 6 heteroatoms. The zero-order valence-electron chi connectivity index (χ0n) is 19.1. The fraction of sp³-hybridized carbons (Fsp3) is 0.259. The highest BCUT2D eigenvalue weighted by atomic mass is 16.6. The van der Waals surface area contributed by atoms with Crippen LogP contribution in [0.3, 0.4) is 0 Å². The standard InChI is InChI=1S/C27H29NO5/c1-19(2)33-26(27(29)30)16-21-11-14-25(31-3)24(15-21)17-28-32-18-20-9-12-23(13-10-20)22-7-5-4-6-8-22/h4-15,17,19,26H,16,18H2,1-3H3,(H,29,30). The highest BCUT2D eigenvalue weighted by molar-refractivity contribution is 5.83. The maximum absolute atomic E-state index is 11.5. The van der Waals surface area contributed by atoms with Gasteiger partial charge in [-0.15, -0.1) is 0 Å². The third-order valence-electron chi connectivity index (χ3n) is 4.99. The van der Waals surface area contributed by atoms with Crippen molar-refractivity contribution in [1.82, 2.24) is 0 Å². The van der Waals surface area contributed by atoms with Crippen LogP contribution in [-0.2, 0) is 27.4 Å². The van der Waals surface area contributed by atoms with Crippen molar-refractivity contribution in [2.75, 3.05) is 7.11 Å². The lowest BCUT2D eigenvalue weighted by Gasteiger charge is -2.17.